The van der Waals surface area contributed by atoms with Crippen LogP contribution >= 0.6 is 10.7 Å². The number of aromatic nitrogens is 1. The van der Waals surface area contributed by atoms with E-state index in [2.05, 4.69) is 4.98 Å². The number of nitrogens with one attached hydrogen (secondary N) is 1. The maximum absolute atomic E-state index is 11.2. The zero-order chi connectivity index (χ0) is 11.9. The molecule has 1 aromatic heterocycles. The van der Waals surface area contributed by atoms with Gasteiger partial charge in [0.1, 0.15) is 0 Å². The van der Waals surface area contributed by atoms with Crippen molar-refractivity contribution in [2.75, 3.05) is 0 Å². The predicted octanol–water partition coefficient (Wildman–Crippen LogP) is 1.76. The molecule has 0 aliphatic heterocycles. The van der Waals surface area contributed by atoms with E-state index in [1.54, 1.807) is 6.92 Å². The molecule has 0 radical (unpaired) electrons. The number of fused-ring (bicyclic) bond motifs is 1. The number of hydrogen-bond donors (Lipinski definition) is 1. The molecule has 0 unspecified atom stereocenters. The highest BCUT2D eigenvalue weighted by atomic mass is 35.7. The third kappa shape index (κ3) is 1.96. The quantitative estimate of drug-likeness (QED) is 0.792. The van der Waals surface area contributed by atoms with Gasteiger partial charge in [-0.15, -0.1) is 0 Å². The maximum atomic E-state index is 11.2. The minimum atomic E-state index is -3.74. The summed E-state index contributed by atoms with van der Waals surface area (Å²) in [5.74, 6) is 0. The van der Waals surface area contributed by atoms with Gasteiger partial charge in [-0.25, -0.2) is 8.42 Å². The molecule has 4 nitrogen and oxygen atoms in total. The van der Waals surface area contributed by atoms with Crippen molar-refractivity contribution < 1.29 is 8.42 Å². The van der Waals surface area contributed by atoms with Gasteiger partial charge in [-0.1, -0.05) is 0 Å². The van der Waals surface area contributed by atoms with Crippen LogP contribution in [0.4, 0.5) is 0 Å². The van der Waals surface area contributed by atoms with Crippen molar-refractivity contribution in [1.82, 2.24) is 4.98 Å². The Morgan fingerprint density at radius 3 is 2.56 bits per heavy atom. The van der Waals surface area contributed by atoms with Gasteiger partial charge >= 0.3 is 0 Å². The second-order valence-electron chi connectivity index (χ2n) is 3.46. The SMILES string of the molecule is Cc1cc(=O)[nH]c2ccc(S(=O)(=O)Cl)cc12. The molecule has 2 aromatic rings. The zero-order valence-electron chi connectivity index (χ0n) is 8.32. The molecule has 0 fully saturated rings. The Labute approximate surface area is 96.3 Å². The lowest BCUT2D eigenvalue weighted by Crippen LogP contribution is -2.05. The first kappa shape index (κ1) is 11.2. The molecule has 2 rings (SSSR count). The molecule has 0 saturated heterocycles. The molecular weight excluding hydrogens is 250 g/mol. The van der Waals surface area contributed by atoms with E-state index >= 15 is 0 Å². The van der Waals surface area contributed by atoms with Crippen molar-refractivity contribution in [2.24, 2.45) is 0 Å². The Bertz CT molecular complexity index is 718. The summed E-state index contributed by atoms with van der Waals surface area (Å²) in [6.07, 6.45) is 0. The van der Waals surface area contributed by atoms with Gasteiger partial charge in [0.15, 0.2) is 0 Å². The van der Waals surface area contributed by atoms with E-state index in [-0.39, 0.29) is 10.5 Å². The van der Waals surface area contributed by atoms with E-state index in [1.165, 1.54) is 24.3 Å². The van der Waals surface area contributed by atoms with Crippen LogP contribution in [0.25, 0.3) is 10.9 Å². The lowest BCUT2D eigenvalue weighted by atomic mass is 10.1. The molecule has 84 valence electrons. The highest BCUT2D eigenvalue weighted by molar-refractivity contribution is 8.13. The topological polar surface area (TPSA) is 67.0 Å². The van der Waals surface area contributed by atoms with Crippen LogP contribution in [-0.2, 0) is 9.05 Å². The Balaban J connectivity index is 2.87. The van der Waals surface area contributed by atoms with Gasteiger partial charge in [0, 0.05) is 27.7 Å². The number of hydrogen-bond acceptors (Lipinski definition) is 3. The first-order chi connectivity index (χ1) is 7.38. The molecule has 0 atom stereocenters. The van der Waals surface area contributed by atoms with Gasteiger partial charge in [0.25, 0.3) is 9.05 Å². The highest BCUT2D eigenvalue weighted by Gasteiger charge is 2.11. The predicted molar refractivity (Wildman–Crippen MR) is 62.3 cm³/mol. The lowest BCUT2D eigenvalue weighted by molar-refractivity contribution is 0.609. The molecule has 0 aliphatic rings. The second kappa shape index (κ2) is 3.61. The largest absolute Gasteiger partial charge is 0.322 e. The smallest absolute Gasteiger partial charge is 0.261 e. The van der Waals surface area contributed by atoms with E-state index in [4.69, 9.17) is 10.7 Å². The van der Waals surface area contributed by atoms with Crippen LogP contribution in [-0.4, -0.2) is 13.4 Å². The van der Waals surface area contributed by atoms with Crippen molar-refractivity contribution in [1.29, 1.82) is 0 Å². The van der Waals surface area contributed by atoms with Crippen LogP contribution in [0.3, 0.4) is 0 Å². The molecule has 0 spiro atoms. The fourth-order valence-corrected chi connectivity index (χ4v) is 2.33. The molecule has 0 saturated carbocycles. The molecule has 0 aliphatic carbocycles. The summed E-state index contributed by atoms with van der Waals surface area (Å²) in [6.45, 7) is 1.74. The highest BCUT2D eigenvalue weighted by Crippen LogP contribution is 2.21. The van der Waals surface area contributed by atoms with Crippen molar-refractivity contribution in [3.05, 3.63) is 40.2 Å². The Morgan fingerprint density at radius 1 is 1.25 bits per heavy atom. The van der Waals surface area contributed by atoms with Crippen LogP contribution in [0.5, 0.6) is 0 Å². The number of aryl methyl sites for hydroxylation is 1. The van der Waals surface area contributed by atoms with Gasteiger partial charge in [0.2, 0.25) is 5.56 Å². The summed E-state index contributed by atoms with van der Waals surface area (Å²) in [5, 5.41) is 0.668. The maximum Gasteiger partial charge on any atom is 0.261 e. The van der Waals surface area contributed by atoms with E-state index in [1.807, 2.05) is 0 Å². The third-order valence-corrected chi connectivity index (χ3v) is 3.65. The monoisotopic (exact) mass is 257 g/mol. The number of halogens is 1. The van der Waals surface area contributed by atoms with Crippen molar-refractivity contribution in [3.8, 4) is 0 Å². The Kier molecular flexibility index (Phi) is 2.52. The number of pyridine rings is 1. The van der Waals surface area contributed by atoms with Gasteiger partial charge < -0.3 is 4.98 Å². The Hall–Kier alpha value is -1.33. The molecule has 0 bridgehead atoms. The number of benzene rings is 1. The minimum absolute atomic E-state index is 0.0248. The average Bonchev–Trinajstić information content (AvgIpc) is 2.15. The molecule has 0 amide bonds. The van der Waals surface area contributed by atoms with Crippen molar-refractivity contribution >= 4 is 30.6 Å². The third-order valence-electron chi connectivity index (χ3n) is 2.30. The van der Waals surface area contributed by atoms with Gasteiger partial charge in [-0.2, -0.15) is 0 Å². The fraction of sp³-hybridized carbons (Fsp3) is 0.100. The Morgan fingerprint density at radius 2 is 1.94 bits per heavy atom. The van der Waals surface area contributed by atoms with E-state index in [0.717, 1.165) is 0 Å². The lowest BCUT2D eigenvalue weighted by Gasteiger charge is -2.03. The minimum Gasteiger partial charge on any atom is -0.322 e. The fourth-order valence-electron chi connectivity index (χ4n) is 1.55. The van der Waals surface area contributed by atoms with Crippen LogP contribution in [0.2, 0.25) is 0 Å². The molecule has 1 aromatic carbocycles. The normalized spacial score (nSPS) is 11.9. The van der Waals surface area contributed by atoms with E-state index < -0.39 is 9.05 Å². The summed E-state index contributed by atoms with van der Waals surface area (Å²) in [5.41, 5.74) is 1.08. The molecule has 16 heavy (non-hydrogen) atoms. The van der Waals surface area contributed by atoms with E-state index in [9.17, 15) is 13.2 Å². The summed E-state index contributed by atoms with van der Waals surface area (Å²) in [6, 6.07) is 5.74. The van der Waals surface area contributed by atoms with E-state index in [0.29, 0.717) is 16.5 Å². The van der Waals surface area contributed by atoms with Crippen molar-refractivity contribution in [3.63, 3.8) is 0 Å². The average molecular weight is 258 g/mol. The summed E-state index contributed by atoms with van der Waals surface area (Å²) < 4.78 is 22.3. The summed E-state index contributed by atoms with van der Waals surface area (Å²) >= 11 is 0. The standard InChI is InChI=1S/C10H8ClNO3S/c1-6-4-10(13)12-9-3-2-7(5-8(6)9)16(11,14)15/h2-5H,1H3,(H,12,13). The van der Waals surface area contributed by atoms with Gasteiger partial charge in [0.05, 0.1) is 4.90 Å². The molecule has 1 N–H and O–H groups in total. The van der Waals surface area contributed by atoms with Crippen LogP contribution in [0.1, 0.15) is 5.56 Å². The van der Waals surface area contributed by atoms with Crippen LogP contribution in [0, 0.1) is 6.92 Å². The van der Waals surface area contributed by atoms with Crippen LogP contribution in [0.15, 0.2) is 34.0 Å². The summed E-state index contributed by atoms with van der Waals surface area (Å²) in [4.78, 5) is 13.8. The number of H-pyrrole nitrogens is 1. The van der Waals surface area contributed by atoms with Crippen LogP contribution < -0.4 is 5.56 Å². The van der Waals surface area contributed by atoms with Gasteiger partial charge in [-0.3, -0.25) is 4.79 Å². The molecular formula is C10H8ClNO3S. The molecule has 6 heteroatoms. The number of rotatable bonds is 1. The zero-order valence-corrected chi connectivity index (χ0v) is 9.89. The summed E-state index contributed by atoms with van der Waals surface area (Å²) in [7, 11) is 1.50. The van der Waals surface area contributed by atoms with Crippen molar-refractivity contribution in [2.45, 2.75) is 11.8 Å². The molecule has 1 heterocycles. The van der Waals surface area contributed by atoms with Gasteiger partial charge in [-0.05, 0) is 30.7 Å². The number of aromatic amines is 1. The first-order valence-corrected chi connectivity index (χ1v) is 6.77. The first-order valence-electron chi connectivity index (χ1n) is 4.46. The second-order valence-corrected chi connectivity index (χ2v) is 6.03.